The summed E-state index contributed by atoms with van der Waals surface area (Å²) in [6, 6.07) is 9.75. The highest BCUT2D eigenvalue weighted by atomic mass is 79.9. The van der Waals surface area contributed by atoms with Crippen molar-refractivity contribution in [2.75, 3.05) is 31.1 Å². The third kappa shape index (κ3) is 3.02. The zero-order chi connectivity index (χ0) is 16.5. The first-order valence-electron chi connectivity index (χ1n) is 8.36. The zero-order valence-electron chi connectivity index (χ0n) is 13.4. The van der Waals surface area contributed by atoms with Crippen LogP contribution in [0.4, 0.5) is 5.82 Å². The van der Waals surface area contributed by atoms with Crippen LogP contribution in [0.3, 0.4) is 0 Å². The van der Waals surface area contributed by atoms with Gasteiger partial charge in [-0.25, -0.2) is 0 Å². The quantitative estimate of drug-likeness (QED) is 0.795. The monoisotopic (exact) mass is 386 g/mol. The number of nitrogens with zero attached hydrogens (tertiary/aromatic N) is 4. The molecule has 2 heterocycles. The maximum Gasteiger partial charge on any atom is 0.254 e. The van der Waals surface area contributed by atoms with Crippen molar-refractivity contribution < 1.29 is 4.79 Å². The lowest BCUT2D eigenvalue weighted by atomic mass is 10.2. The first-order chi connectivity index (χ1) is 11.7. The van der Waals surface area contributed by atoms with Gasteiger partial charge in [0.25, 0.3) is 5.91 Å². The van der Waals surface area contributed by atoms with Gasteiger partial charge >= 0.3 is 0 Å². The van der Waals surface area contributed by atoms with Gasteiger partial charge in [0.05, 0.1) is 5.69 Å². The van der Waals surface area contributed by atoms with E-state index in [2.05, 4.69) is 37.1 Å². The smallest absolute Gasteiger partial charge is 0.254 e. The van der Waals surface area contributed by atoms with Gasteiger partial charge in [0, 0.05) is 36.2 Å². The summed E-state index contributed by atoms with van der Waals surface area (Å²) >= 11 is 3.42. The molecular weight excluding hydrogens is 368 g/mol. The highest BCUT2D eigenvalue weighted by Crippen LogP contribution is 2.23. The molecule has 2 aromatic rings. The van der Waals surface area contributed by atoms with Crippen LogP contribution in [0, 0.1) is 0 Å². The number of benzene rings is 1. The number of halogens is 1. The van der Waals surface area contributed by atoms with Crippen LogP contribution in [-0.2, 0) is 12.8 Å². The van der Waals surface area contributed by atoms with Crippen LogP contribution in [-0.4, -0.2) is 47.2 Å². The summed E-state index contributed by atoms with van der Waals surface area (Å²) in [5, 5.41) is 8.75. The van der Waals surface area contributed by atoms with E-state index in [9.17, 15) is 4.79 Å². The highest BCUT2D eigenvalue weighted by molar-refractivity contribution is 9.10. The molecule has 0 unspecified atom stereocenters. The fourth-order valence-electron chi connectivity index (χ4n) is 3.41. The van der Waals surface area contributed by atoms with Gasteiger partial charge in [0.1, 0.15) is 0 Å². The van der Waals surface area contributed by atoms with Crippen LogP contribution >= 0.6 is 15.9 Å². The molecule has 1 amide bonds. The summed E-state index contributed by atoms with van der Waals surface area (Å²) in [7, 11) is 0. The van der Waals surface area contributed by atoms with Crippen molar-refractivity contribution >= 4 is 27.7 Å². The normalized spacial score (nSPS) is 17.0. The molecule has 124 valence electrons. The largest absolute Gasteiger partial charge is 0.352 e. The number of amides is 1. The lowest BCUT2D eigenvalue weighted by Crippen LogP contribution is -2.49. The summed E-state index contributed by atoms with van der Waals surface area (Å²) in [5.74, 6) is 1.04. The number of carbonyl (C=O) groups is 1. The van der Waals surface area contributed by atoms with E-state index < -0.39 is 0 Å². The van der Waals surface area contributed by atoms with E-state index in [1.165, 1.54) is 12.0 Å². The maximum absolute atomic E-state index is 12.6. The number of hydrogen-bond acceptors (Lipinski definition) is 4. The molecule has 5 nitrogen and oxygen atoms in total. The second-order valence-electron chi connectivity index (χ2n) is 6.32. The molecule has 0 radical (unpaired) electrons. The minimum Gasteiger partial charge on any atom is -0.352 e. The predicted molar refractivity (Wildman–Crippen MR) is 96.3 cm³/mol. The van der Waals surface area contributed by atoms with Gasteiger partial charge in [0.2, 0.25) is 0 Å². The van der Waals surface area contributed by atoms with Crippen LogP contribution in [0.25, 0.3) is 0 Å². The summed E-state index contributed by atoms with van der Waals surface area (Å²) < 4.78 is 0.931. The van der Waals surface area contributed by atoms with Crippen molar-refractivity contribution in [3.8, 4) is 0 Å². The van der Waals surface area contributed by atoms with E-state index in [1.54, 1.807) is 0 Å². The molecule has 0 atom stereocenters. The van der Waals surface area contributed by atoms with Crippen molar-refractivity contribution in [3.63, 3.8) is 0 Å². The van der Waals surface area contributed by atoms with E-state index in [0.717, 1.165) is 47.5 Å². The molecule has 0 saturated carbocycles. The molecule has 1 aliphatic carbocycles. The molecule has 1 fully saturated rings. The topological polar surface area (TPSA) is 49.3 Å². The standard InChI is InChI=1S/C18H19BrN4O/c19-15-5-1-4-14(11-15)18(24)23-9-7-22(8-10-23)17-12-13-3-2-6-16(13)20-21-17/h1,4-5,11-12H,2-3,6-10H2. The SMILES string of the molecule is O=C(c1cccc(Br)c1)N1CCN(c2cc3c(nn2)CCC3)CC1. The van der Waals surface area contributed by atoms with E-state index in [4.69, 9.17) is 0 Å². The zero-order valence-corrected chi connectivity index (χ0v) is 15.0. The molecule has 6 heteroatoms. The van der Waals surface area contributed by atoms with Gasteiger partial charge in [-0.2, -0.15) is 5.10 Å². The Morgan fingerprint density at radius 1 is 1.04 bits per heavy atom. The van der Waals surface area contributed by atoms with Gasteiger partial charge in [-0.1, -0.05) is 22.0 Å². The summed E-state index contributed by atoms with van der Waals surface area (Å²) in [6.45, 7) is 3.02. The third-order valence-corrected chi connectivity index (χ3v) is 5.26. The van der Waals surface area contributed by atoms with E-state index in [0.29, 0.717) is 13.1 Å². The average Bonchev–Trinajstić information content (AvgIpc) is 3.09. The van der Waals surface area contributed by atoms with Crippen molar-refractivity contribution in [2.24, 2.45) is 0 Å². The molecular formula is C18H19BrN4O. The summed E-state index contributed by atoms with van der Waals surface area (Å²) in [4.78, 5) is 16.8. The second-order valence-corrected chi connectivity index (χ2v) is 7.23. The third-order valence-electron chi connectivity index (χ3n) is 4.77. The fraction of sp³-hybridized carbons (Fsp3) is 0.389. The molecule has 0 bridgehead atoms. The van der Waals surface area contributed by atoms with Crippen LogP contribution in [0.5, 0.6) is 0 Å². The maximum atomic E-state index is 12.6. The Bertz CT molecular complexity index is 771. The van der Waals surface area contributed by atoms with Crippen molar-refractivity contribution in [2.45, 2.75) is 19.3 Å². The average molecular weight is 387 g/mol. The number of hydrogen-bond donors (Lipinski definition) is 0. The van der Waals surface area contributed by atoms with Gasteiger partial charge in [0.15, 0.2) is 5.82 Å². The minimum atomic E-state index is 0.0935. The number of rotatable bonds is 2. The summed E-state index contributed by atoms with van der Waals surface area (Å²) in [6.07, 6.45) is 3.35. The molecule has 0 spiro atoms. The molecule has 4 rings (SSSR count). The molecule has 2 aliphatic rings. The van der Waals surface area contributed by atoms with Gasteiger partial charge in [-0.05, 0) is 49.1 Å². The Morgan fingerprint density at radius 3 is 2.67 bits per heavy atom. The molecule has 1 saturated heterocycles. The number of aromatic nitrogens is 2. The molecule has 1 aliphatic heterocycles. The molecule has 24 heavy (non-hydrogen) atoms. The van der Waals surface area contributed by atoms with E-state index in [-0.39, 0.29) is 5.91 Å². The lowest BCUT2D eigenvalue weighted by Gasteiger charge is -2.35. The van der Waals surface area contributed by atoms with Crippen LogP contribution in [0.15, 0.2) is 34.8 Å². The van der Waals surface area contributed by atoms with Crippen LogP contribution in [0.1, 0.15) is 28.0 Å². The van der Waals surface area contributed by atoms with Crippen molar-refractivity contribution in [1.82, 2.24) is 15.1 Å². The van der Waals surface area contributed by atoms with E-state index in [1.807, 2.05) is 29.2 Å². The first-order valence-corrected chi connectivity index (χ1v) is 9.15. The minimum absolute atomic E-state index is 0.0935. The van der Waals surface area contributed by atoms with Crippen molar-refractivity contribution in [1.29, 1.82) is 0 Å². The Balaban J connectivity index is 1.42. The number of anilines is 1. The first kappa shape index (κ1) is 15.6. The van der Waals surface area contributed by atoms with Gasteiger partial charge < -0.3 is 9.80 Å². The predicted octanol–water partition coefficient (Wildman–Crippen LogP) is 2.69. The Labute approximate surface area is 149 Å². The van der Waals surface area contributed by atoms with Crippen LogP contribution in [0.2, 0.25) is 0 Å². The van der Waals surface area contributed by atoms with E-state index >= 15 is 0 Å². The Kier molecular flexibility index (Phi) is 4.22. The van der Waals surface area contributed by atoms with Gasteiger partial charge in [-0.3, -0.25) is 4.79 Å². The van der Waals surface area contributed by atoms with Gasteiger partial charge in [-0.15, -0.1) is 5.10 Å². The Hall–Kier alpha value is -1.95. The lowest BCUT2D eigenvalue weighted by molar-refractivity contribution is 0.0746. The highest BCUT2D eigenvalue weighted by Gasteiger charge is 2.24. The molecule has 1 aromatic carbocycles. The number of carbonyl (C=O) groups excluding carboxylic acids is 1. The number of aryl methyl sites for hydroxylation is 2. The van der Waals surface area contributed by atoms with Crippen LogP contribution < -0.4 is 4.90 Å². The van der Waals surface area contributed by atoms with Crippen molar-refractivity contribution in [3.05, 3.63) is 51.6 Å². The second kappa shape index (κ2) is 6.51. The number of piperazine rings is 1. The fourth-order valence-corrected chi connectivity index (χ4v) is 3.81. The molecule has 1 aromatic heterocycles. The molecule has 0 N–H and O–H groups in total. The summed E-state index contributed by atoms with van der Waals surface area (Å²) in [5.41, 5.74) is 3.23. The number of fused-ring (bicyclic) bond motifs is 1. The Morgan fingerprint density at radius 2 is 1.88 bits per heavy atom.